The molecule has 2 atom stereocenters. The van der Waals surface area contributed by atoms with E-state index >= 15 is 0 Å². The molecule has 1 saturated carbocycles. The predicted octanol–water partition coefficient (Wildman–Crippen LogP) is 1.54. The molecule has 4 heteroatoms. The molecule has 2 amide bonds. The molecule has 1 aliphatic heterocycles. The second-order valence-electron chi connectivity index (χ2n) is 5.24. The lowest BCUT2D eigenvalue weighted by Crippen LogP contribution is -2.30. The van der Waals surface area contributed by atoms with Gasteiger partial charge in [0.05, 0.1) is 18.4 Å². The number of fused-ring (bicyclic) bond motifs is 1. The van der Waals surface area contributed by atoms with E-state index in [1.807, 2.05) is 30.3 Å². The number of nitrogens with zero attached hydrogens (tertiary/aromatic N) is 1. The van der Waals surface area contributed by atoms with Gasteiger partial charge in [-0.3, -0.25) is 19.3 Å². The van der Waals surface area contributed by atoms with Crippen molar-refractivity contribution in [1.29, 1.82) is 0 Å². The van der Waals surface area contributed by atoms with Crippen LogP contribution in [0.4, 0.5) is 0 Å². The Morgan fingerprint density at radius 3 is 2.42 bits per heavy atom. The minimum Gasteiger partial charge on any atom is -0.300 e. The first-order valence-corrected chi connectivity index (χ1v) is 6.57. The first-order chi connectivity index (χ1) is 9.16. The van der Waals surface area contributed by atoms with E-state index in [0.717, 1.165) is 5.56 Å². The lowest BCUT2D eigenvalue weighted by Gasteiger charge is -2.18. The zero-order valence-corrected chi connectivity index (χ0v) is 10.5. The Morgan fingerprint density at radius 1 is 1.00 bits per heavy atom. The molecule has 1 aromatic rings. The van der Waals surface area contributed by atoms with Gasteiger partial charge in [-0.25, -0.2) is 0 Å². The molecule has 0 radical (unpaired) electrons. The van der Waals surface area contributed by atoms with E-state index in [4.69, 9.17) is 0 Å². The van der Waals surface area contributed by atoms with Crippen molar-refractivity contribution in [2.24, 2.45) is 11.8 Å². The minimum atomic E-state index is -0.405. The average Bonchev–Trinajstić information content (AvgIpc) is 2.65. The summed E-state index contributed by atoms with van der Waals surface area (Å²) in [6.45, 7) is 0.319. The molecule has 98 valence electrons. The van der Waals surface area contributed by atoms with Crippen LogP contribution in [0.5, 0.6) is 0 Å². The maximum atomic E-state index is 12.3. The molecule has 2 fully saturated rings. The average molecular weight is 257 g/mol. The summed E-state index contributed by atoms with van der Waals surface area (Å²) < 4.78 is 0. The Labute approximate surface area is 111 Å². The van der Waals surface area contributed by atoms with Crippen LogP contribution in [0.1, 0.15) is 24.8 Å². The third-order valence-electron chi connectivity index (χ3n) is 4.02. The predicted molar refractivity (Wildman–Crippen MR) is 67.8 cm³/mol. The van der Waals surface area contributed by atoms with Gasteiger partial charge in [0.25, 0.3) is 0 Å². The summed E-state index contributed by atoms with van der Waals surface area (Å²) >= 11 is 0. The van der Waals surface area contributed by atoms with Crippen molar-refractivity contribution in [2.45, 2.75) is 25.8 Å². The Kier molecular flexibility index (Phi) is 2.93. The normalized spacial score (nSPS) is 26.7. The van der Waals surface area contributed by atoms with E-state index in [0.29, 0.717) is 19.4 Å². The van der Waals surface area contributed by atoms with Gasteiger partial charge < -0.3 is 0 Å². The summed E-state index contributed by atoms with van der Waals surface area (Å²) in [5.41, 5.74) is 0.939. The third-order valence-corrected chi connectivity index (χ3v) is 4.02. The fourth-order valence-corrected chi connectivity index (χ4v) is 2.99. The van der Waals surface area contributed by atoms with E-state index in [1.54, 1.807) is 0 Å². The lowest BCUT2D eigenvalue weighted by molar-refractivity contribution is -0.140. The second kappa shape index (κ2) is 4.61. The number of hydrogen-bond acceptors (Lipinski definition) is 3. The maximum absolute atomic E-state index is 12.3. The van der Waals surface area contributed by atoms with Gasteiger partial charge >= 0.3 is 0 Å². The van der Waals surface area contributed by atoms with E-state index in [9.17, 15) is 14.4 Å². The highest BCUT2D eigenvalue weighted by Crippen LogP contribution is 2.37. The highest BCUT2D eigenvalue weighted by atomic mass is 16.2. The van der Waals surface area contributed by atoms with Crippen LogP contribution in [0.3, 0.4) is 0 Å². The Bertz CT molecular complexity index is 538. The summed E-state index contributed by atoms with van der Waals surface area (Å²) in [6, 6.07) is 9.46. The van der Waals surface area contributed by atoms with Crippen molar-refractivity contribution in [3.63, 3.8) is 0 Å². The number of likely N-dealkylation sites (tertiary alicyclic amines) is 1. The molecule has 0 unspecified atom stereocenters. The van der Waals surface area contributed by atoms with Gasteiger partial charge in [0.15, 0.2) is 0 Å². The van der Waals surface area contributed by atoms with E-state index in [2.05, 4.69) is 0 Å². The largest absolute Gasteiger partial charge is 0.300 e. The molecule has 0 N–H and O–H groups in total. The van der Waals surface area contributed by atoms with Gasteiger partial charge in [-0.05, 0) is 12.0 Å². The smallest absolute Gasteiger partial charge is 0.233 e. The molecule has 4 nitrogen and oxygen atoms in total. The van der Waals surface area contributed by atoms with Crippen LogP contribution in [-0.4, -0.2) is 22.5 Å². The second-order valence-corrected chi connectivity index (χ2v) is 5.24. The first kappa shape index (κ1) is 12.1. The molecular formula is C15H15NO3. The van der Waals surface area contributed by atoms with E-state index in [-0.39, 0.29) is 29.9 Å². The van der Waals surface area contributed by atoms with Gasteiger partial charge in [-0.1, -0.05) is 30.3 Å². The molecule has 1 heterocycles. The summed E-state index contributed by atoms with van der Waals surface area (Å²) in [5, 5.41) is 0. The van der Waals surface area contributed by atoms with Crippen LogP contribution in [-0.2, 0) is 20.9 Å². The number of amides is 2. The highest BCUT2D eigenvalue weighted by Gasteiger charge is 2.49. The van der Waals surface area contributed by atoms with E-state index < -0.39 is 5.92 Å². The number of carbonyl (C=O) groups is 3. The summed E-state index contributed by atoms with van der Waals surface area (Å²) in [6.07, 6.45) is 1.19. The number of carbonyl (C=O) groups excluding carboxylic acids is 3. The molecule has 1 aromatic carbocycles. The van der Waals surface area contributed by atoms with Crippen LogP contribution in [0.15, 0.2) is 30.3 Å². The molecule has 19 heavy (non-hydrogen) atoms. The quantitative estimate of drug-likeness (QED) is 0.755. The van der Waals surface area contributed by atoms with Crippen molar-refractivity contribution in [2.75, 3.05) is 0 Å². The monoisotopic (exact) mass is 257 g/mol. The van der Waals surface area contributed by atoms with E-state index in [1.165, 1.54) is 4.90 Å². The van der Waals surface area contributed by atoms with Crippen molar-refractivity contribution in [1.82, 2.24) is 4.90 Å². The van der Waals surface area contributed by atoms with Crippen LogP contribution >= 0.6 is 0 Å². The lowest BCUT2D eigenvalue weighted by atomic mass is 9.80. The van der Waals surface area contributed by atoms with Crippen molar-refractivity contribution in [3.8, 4) is 0 Å². The summed E-state index contributed by atoms with van der Waals surface area (Å²) in [5.74, 6) is -0.853. The SMILES string of the molecule is O=C1CC[C@@H]2C(=O)N(Cc3ccccc3)C(=O)[C@@H]2C1. The first-order valence-electron chi connectivity index (χ1n) is 6.57. The minimum absolute atomic E-state index is 0.101. The number of ketones is 1. The Balaban J connectivity index is 1.81. The molecule has 1 saturated heterocycles. The molecule has 2 aliphatic rings. The van der Waals surface area contributed by atoms with Crippen molar-refractivity contribution < 1.29 is 14.4 Å². The molecule has 3 rings (SSSR count). The number of benzene rings is 1. The van der Waals surface area contributed by atoms with Gasteiger partial charge in [0, 0.05) is 12.8 Å². The highest BCUT2D eigenvalue weighted by molar-refractivity contribution is 6.07. The molecule has 0 aromatic heterocycles. The summed E-state index contributed by atoms with van der Waals surface area (Å²) in [7, 11) is 0. The van der Waals surface area contributed by atoms with Gasteiger partial charge in [-0.15, -0.1) is 0 Å². The van der Waals surface area contributed by atoms with Crippen molar-refractivity contribution >= 4 is 17.6 Å². The molecule has 1 aliphatic carbocycles. The molecular weight excluding hydrogens is 242 g/mol. The topological polar surface area (TPSA) is 54.5 Å². The fourth-order valence-electron chi connectivity index (χ4n) is 2.99. The maximum Gasteiger partial charge on any atom is 0.233 e. The standard InChI is InChI=1S/C15H15NO3/c17-11-6-7-12-13(8-11)15(19)16(14(12)18)9-10-4-2-1-3-5-10/h1-5,12-13H,6-9H2/t12-,13+/m0/s1. The zero-order chi connectivity index (χ0) is 13.4. The van der Waals surface area contributed by atoms with Gasteiger partial charge in [0.1, 0.15) is 5.78 Å². The number of imide groups is 1. The third kappa shape index (κ3) is 2.07. The van der Waals surface area contributed by atoms with Gasteiger partial charge in [-0.2, -0.15) is 0 Å². The van der Waals surface area contributed by atoms with Crippen LogP contribution in [0, 0.1) is 11.8 Å². The number of rotatable bonds is 2. The van der Waals surface area contributed by atoms with Gasteiger partial charge in [0.2, 0.25) is 11.8 Å². The zero-order valence-electron chi connectivity index (χ0n) is 10.5. The van der Waals surface area contributed by atoms with Crippen molar-refractivity contribution in [3.05, 3.63) is 35.9 Å². The molecule has 0 bridgehead atoms. The van der Waals surface area contributed by atoms with Crippen LogP contribution in [0.2, 0.25) is 0 Å². The van der Waals surface area contributed by atoms with Crippen LogP contribution < -0.4 is 0 Å². The fraction of sp³-hybridized carbons (Fsp3) is 0.400. The number of Topliss-reactive ketones (excluding diaryl/α,β-unsaturated/α-hetero) is 1. The summed E-state index contributed by atoms with van der Waals surface area (Å²) in [4.78, 5) is 37.3. The Hall–Kier alpha value is -1.97. The van der Waals surface area contributed by atoms with Crippen LogP contribution in [0.25, 0.3) is 0 Å². The Morgan fingerprint density at radius 2 is 1.68 bits per heavy atom. The molecule has 0 spiro atoms. The number of hydrogen-bond donors (Lipinski definition) is 0.